The van der Waals surface area contributed by atoms with Crippen molar-refractivity contribution >= 4 is 5.91 Å². The number of quaternary nitrogens is 1. The second-order valence-electron chi connectivity index (χ2n) is 8.35. The molecular weight excluding hydrogens is 346 g/mol. The zero-order valence-corrected chi connectivity index (χ0v) is 19.0. The van der Waals surface area contributed by atoms with E-state index >= 15 is 0 Å². The molecule has 1 aliphatic heterocycles. The van der Waals surface area contributed by atoms with E-state index in [0.29, 0.717) is 6.17 Å². The summed E-state index contributed by atoms with van der Waals surface area (Å²) in [5.74, 6) is 0.0504. The van der Waals surface area contributed by atoms with Crippen LogP contribution in [0.2, 0.25) is 0 Å². The second kappa shape index (κ2) is 14.7. The fraction of sp³-hybridized carbons (Fsp3) is 0.792. The number of allylic oxidation sites excluding steroid dienone is 2. The maximum absolute atomic E-state index is 11.5. The number of hydrogen-bond acceptors (Lipinski definition) is 2. The maximum Gasteiger partial charge on any atom is 0.221 e. The molecule has 0 saturated heterocycles. The van der Waals surface area contributed by atoms with Crippen molar-refractivity contribution in [3.8, 4) is 0 Å². The van der Waals surface area contributed by atoms with Crippen molar-refractivity contribution in [3.05, 3.63) is 24.6 Å². The molecule has 3 unspecified atom stereocenters. The summed E-state index contributed by atoms with van der Waals surface area (Å²) in [6, 6.07) is 0. The average molecular weight is 393 g/mol. The summed E-state index contributed by atoms with van der Waals surface area (Å²) >= 11 is 0. The summed E-state index contributed by atoms with van der Waals surface area (Å²) in [7, 11) is 0. The predicted molar refractivity (Wildman–Crippen MR) is 120 cm³/mol. The maximum atomic E-state index is 11.5. The molecule has 0 aliphatic carbocycles. The third-order valence-corrected chi connectivity index (χ3v) is 6.12. The van der Waals surface area contributed by atoms with E-state index in [1.807, 2.05) is 0 Å². The Kier molecular flexibility index (Phi) is 13.0. The van der Waals surface area contributed by atoms with Gasteiger partial charge in [0, 0.05) is 20.3 Å². The van der Waals surface area contributed by atoms with Gasteiger partial charge in [0.2, 0.25) is 5.91 Å². The van der Waals surface area contributed by atoms with Gasteiger partial charge in [0.05, 0.1) is 12.7 Å². The topological polar surface area (TPSA) is 41.1 Å². The Hall–Kier alpha value is -1.29. The van der Waals surface area contributed by atoms with E-state index < -0.39 is 0 Å². The van der Waals surface area contributed by atoms with Crippen molar-refractivity contribution in [2.45, 2.75) is 117 Å². The molecule has 1 rings (SSSR count). The summed E-state index contributed by atoms with van der Waals surface area (Å²) in [5.41, 5.74) is 0. The number of carbonyl (C=O) groups is 1. The number of unbranched alkanes of at least 4 members (excludes halogenated alkanes) is 9. The average Bonchev–Trinajstić information content (AvgIpc) is 3.09. The van der Waals surface area contributed by atoms with E-state index in [-0.39, 0.29) is 12.1 Å². The number of nitrogens with zero attached hydrogens (tertiary/aromatic N) is 1. The van der Waals surface area contributed by atoms with Gasteiger partial charge in [0.1, 0.15) is 6.20 Å². The Morgan fingerprint density at radius 1 is 1.04 bits per heavy atom. The summed E-state index contributed by atoms with van der Waals surface area (Å²) in [5, 5.41) is 6.62. The highest BCUT2D eigenvalue weighted by Crippen LogP contribution is 2.26. The minimum Gasteiger partial charge on any atom is -0.338 e. The van der Waals surface area contributed by atoms with Gasteiger partial charge in [-0.3, -0.25) is 9.28 Å². The minimum atomic E-state index is 0.0504. The predicted octanol–water partition coefficient (Wildman–Crippen LogP) is 5.96. The molecule has 0 aromatic heterocycles. The first-order valence-electron chi connectivity index (χ1n) is 11.8. The van der Waals surface area contributed by atoms with Crippen molar-refractivity contribution in [2.24, 2.45) is 0 Å². The van der Waals surface area contributed by atoms with E-state index in [0.717, 1.165) is 17.4 Å². The Bertz CT molecular complexity index is 474. The quantitative estimate of drug-likeness (QED) is 0.193. The molecule has 0 radical (unpaired) electrons. The van der Waals surface area contributed by atoms with Crippen molar-refractivity contribution < 1.29 is 9.28 Å². The van der Waals surface area contributed by atoms with E-state index in [1.165, 1.54) is 70.6 Å². The Morgan fingerprint density at radius 2 is 1.64 bits per heavy atom. The first-order chi connectivity index (χ1) is 13.6. The molecule has 0 spiro atoms. The van der Waals surface area contributed by atoms with Crippen LogP contribution in [0.15, 0.2) is 24.6 Å². The van der Waals surface area contributed by atoms with Crippen LogP contribution in [0.5, 0.6) is 0 Å². The molecule has 28 heavy (non-hydrogen) atoms. The molecule has 0 saturated carbocycles. The Balaban J connectivity index is 2.11. The van der Waals surface area contributed by atoms with Crippen LogP contribution in [0.4, 0.5) is 0 Å². The SMILES string of the molecule is CCC/C=C/CCCCCCCCCCC1NC=C[N+]1(CC)C(C)NC(C)=O. The van der Waals surface area contributed by atoms with Crippen molar-refractivity contribution in [3.63, 3.8) is 0 Å². The van der Waals surface area contributed by atoms with Crippen LogP contribution in [0, 0.1) is 0 Å². The highest BCUT2D eigenvalue weighted by molar-refractivity contribution is 5.72. The van der Waals surface area contributed by atoms with Gasteiger partial charge >= 0.3 is 0 Å². The summed E-state index contributed by atoms with van der Waals surface area (Å²) in [6.45, 7) is 9.16. The van der Waals surface area contributed by atoms with Gasteiger partial charge in [-0.1, -0.05) is 64.0 Å². The van der Waals surface area contributed by atoms with E-state index in [4.69, 9.17) is 0 Å². The molecule has 0 aromatic carbocycles. The molecular formula is C24H46N3O+. The Labute approximate surface area is 174 Å². The number of hydrogen-bond donors (Lipinski definition) is 2. The molecule has 1 aliphatic rings. The van der Waals surface area contributed by atoms with Crippen LogP contribution in [0.3, 0.4) is 0 Å². The molecule has 4 heteroatoms. The first-order valence-corrected chi connectivity index (χ1v) is 11.8. The van der Waals surface area contributed by atoms with Crippen LogP contribution in [-0.4, -0.2) is 29.3 Å². The van der Waals surface area contributed by atoms with Gasteiger partial charge in [0.15, 0.2) is 12.3 Å². The number of carbonyl (C=O) groups excluding carboxylic acids is 1. The van der Waals surface area contributed by atoms with Gasteiger partial charge in [-0.05, 0) is 32.6 Å². The molecule has 1 amide bonds. The monoisotopic (exact) mass is 392 g/mol. The zero-order valence-electron chi connectivity index (χ0n) is 19.0. The lowest BCUT2D eigenvalue weighted by Gasteiger charge is -2.41. The molecule has 3 atom stereocenters. The lowest BCUT2D eigenvalue weighted by Crippen LogP contribution is -2.62. The van der Waals surface area contributed by atoms with Crippen molar-refractivity contribution in [2.75, 3.05) is 6.54 Å². The van der Waals surface area contributed by atoms with Crippen molar-refractivity contribution in [1.82, 2.24) is 10.6 Å². The van der Waals surface area contributed by atoms with Gasteiger partial charge in [0.25, 0.3) is 0 Å². The number of rotatable bonds is 16. The molecule has 0 aromatic rings. The van der Waals surface area contributed by atoms with Gasteiger partial charge in [-0.2, -0.15) is 0 Å². The van der Waals surface area contributed by atoms with E-state index in [2.05, 4.69) is 56.0 Å². The highest BCUT2D eigenvalue weighted by atomic mass is 16.1. The van der Waals surface area contributed by atoms with Gasteiger partial charge in [-0.15, -0.1) is 0 Å². The number of amides is 1. The molecule has 4 nitrogen and oxygen atoms in total. The van der Waals surface area contributed by atoms with Crippen LogP contribution in [0.25, 0.3) is 0 Å². The van der Waals surface area contributed by atoms with Crippen molar-refractivity contribution in [1.29, 1.82) is 0 Å². The minimum absolute atomic E-state index is 0.0504. The summed E-state index contributed by atoms with van der Waals surface area (Å²) in [6.07, 6.45) is 25.2. The lowest BCUT2D eigenvalue weighted by molar-refractivity contribution is -0.923. The largest absolute Gasteiger partial charge is 0.338 e. The van der Waals surface area contributed by atoms with Crippen LogP contribution >= 0.6 is 0 Å². The normalized spacial score (nSPS) is 22.5. The molecule has 1 heterocycles. The van der Waals surface area contributed by atoms with E-state index in [1.54, 1.807) is 6.92 Å². The third kappa shape index (κ3) is 8.81. The van der Waals surface area contributed by atoms with Crippen LogP contribution in [0.1, 0.15) is 105 Å². The second-order valence-corrected chi connectivity index (χ2v) is 8.35. The smallest absolute Gasteiger partial charge is 0.221 e. The van der Waals surface area contributed by atoms with Crippen LogP contribution < -0.4 is 10.6 Å². The number of nitrogens with one attached hydrogen (secondary N) is 2. The lowest BCUT2D eigenvalue weighted by atomic mass is 10.0. The van der Waals surface area contributed by atoms with Gasteiger partial charge < -0.3 is 10.6 Å². The fourth-order valence-electron chi connectivity index (χ4n) is 4.34. The Morgan fingerprint density at radius 3 is 2.25 bits per heavy atom. The highest BCUT2D eigenvalue weighted by Gasteiger charge is 2.41. The third-order valence-electron chi connectivity index (χ3n) is 6.12. The van der Waals surface area contributed by atoms with E-state index in [9.17, 15) is 4.79 Å². The molecule has 2 N–H and O–H groups in total. The summed E-state index contributed by atoms with van der Waals surface area (Å²) < 4.78 is 0.812. The van der Waals surface area contributed by atoms with Gasteiger partial charge in [-0.25, -0.2) is 0 Å². The molecule has 0 fully saturated rings. The molecule has 162 valence electrons. The zero-order chi connectivity index (χ0) is 20.7. The van der Waals surface area contributed by atoms with Crippen LogP contribution in [-0.2, 0) is 4.79 Å². The standard InChI is InChI=1S/C24H45N3O/c1-5-7-8-9-10-11-12-13-14-15-16-17-18-19-24-25-20-21-27(24,6-2)22(3)26-23(4)28/h8-9,20-22,24-25H,5-7,10-19H2,1-4H3/p+1/b9-8+. The first kappa shape index (κ1) is 24.7. The molecule has 0 bridgehead atoms. The fourth-order valence-corrected chi connectivity index (χ4v) is 4.34. The summed E-state index contributed by atoms with van der Waals surface area (Å²) in [4.78, 5) is 11.5.